The first kappa shape index (κ1) is 10.6. The smallest absolute Gasteiger partial charge is 0.157 e. The number of hydrogen-bond acceptors (Lipinski definition) is 3. The zero-order valence-electron chi connectivity index (χ0n) is 10.1. The third kappa shape index (κ3) is 1.77. The highest BCUT2D eigenvalue weighted by Crippen LogP contribution is 2.36. The molecule has 0 spiro atoms. The van der Waals surface area contributed by atoms with Crippen LogP contribution >= 0.6 is 0 Å². The molecule has 0 aliphatic heterocycles. The zero-order chi connectivity index (χ0) is 11.8. The molecule has 1 aliphatic carbocycles. The van der Waals surface area contributed by atoms with Crippen molar-refractivity contribution in [2.24, 2.45) is 5.92 Å². The molecular weight excluding hydrogens is 212 g/mol. The molecule has 90 valence electrons. The molecule has 4 heteroatoms. The molecule has 2 N–H and O–H groups in total. The zero-order valence-corrected chi connectivity index (χ0v) is 10.1. The van der Waals surface area contributed by atoms with Crippen molar-refractivity contribution in [3.63, 3.8) is 0 Å². The number of nitrogens with zero attached hydrogens (tertiary/aromatic N) is 3. The van der Waals surface area contributed by atoms with E-state index in [2.05, 4.69) is 17.0 Å². The first-order chi connectivity index (χ1) is 8.25. The van der Waals surface area contributed by atoms with E-state index in [1.807, 2.05) is 12.1 Å². The summed E-state index contributed by atoms with van der Waals surface area (Å²) in [4.78, 5) is 4.66. The highest BCUT2D eigenvalue weighted by molar-refractivity contribution is 5.47. The van der Waals surface area contributed by atoms with Gasteiger partial charge < -0.3 is 5.73 Å². The van der Waals surface area contributed by atoms with E-state index < -0.39 is 0 Å². The quantitative estimate of drug-likeness (QED) is 0.862. The molecule has 0 saturated heterocycles. The lowest BCUT2D eigenvalue weighted by Crippen LogP contribution is -2.10. The Morgan fingerprint density at radius 1 is 1.41 bits per heavy atom. The second-order valence-electron chi connectivity index (χ2n) is 5.04. The Labute approximate surface area is 101 Å². The SMILES string of the molecule is C[C@@H](c1cc(N)n2nccc2n1)C1CCCC1. The van der Waals surface area contributed by atoms with Crippen LogP contribution in [-0.4, -0.2) is 14.6 Å². The van der Waals surface area contributed by atoms with Gasteiger partial charge in [-0.25, -0.2) is 4.98 Å². The van der Waals surface area contributed by atoms with Crippen LogP contribution in [0, 0.1) is 5.92 Å². The van der Waals surface area contributed by atoms with Crippen molar-refractivity contribution < 1.29 is 0 Å². The molecule has 1 aliphatic rings. The number of nitrogens with two attached hydrogens (primary N) is 1. The first-order valence-corrected chi connectivity index (χ1v) is 6.36. The summed E-state index contributed by atoms with van der Waals surface area (Å²) in [6, 6.07) is 3.88. The van der Waals surface area contributed by atoms with Crippen molar-refractivity contribution in [1.82, 2.24) is 14.6 Å². The first-order valence-electron chi connectivity index (χ1n) is 6.36. The van der Waals surface area contributed by atoms with Gasteiger partial charge in [0.1, 0.15) is 5.82 Å². The minimum absolute atomic E-state index is 0.500. The highest BCUT2D eigenvalue weighted by atomic mass is 15.3. The van der Waals surface area contributed by atoms with Crippen LogP contribution in [-0.2, 0) is 0 Å². The minimum Gasteiger partial charge on any atom is -0.384 e. The van der Waals surface area contributed by atoms with E-state index in [9.17, 15) is 0 Å². The number of rotatable bonds is 2. The minimum atomic E-state index is 0.500. The van der Waals surface area contributed by atoms with Crippen LogP contribution < -0.4 is 5.73 Å². The number of fused-ring (bicyclic) bond motifs is 1. The van der Waals surface area contributed by atoms with Gasteiger partial charge in [0, 0.05) is 23.7 Å². The molecule has 3 rings (SSSR count). The van der Waals surface area contributed by atoms with E-state index in [0.29, 0.717) is 11.7 Å². The molecule has 1 saturated carbocycles. The van der Waals surface area contributed by atoms with Gasteiger partial charge in [-0.1, -0.05) is 19.8 Å². The Bertz CT molecular complexity index is 525. The van der Waals surface area contributed by atoms with Crippen LogP contribution in [0.25, 0.3) is 5.65 Å². The Morgan fingerprint density at radius 3 is 2.94 bits per heavy atom. The lowest BCUT2D eigenvalue weighted by Gasteiger charge is -2.18. The van der Waals surface area contributed by atoms with Gasteiger partial charge in [-0.05, 0) is 18.8 Å². The second kappa shape index (κ2) is 4.02. The van der Waals surface area contributed by atoms with Crippen LogP contribution in [0.1, 0.15) is 44.2 Å². The average molecular weight is 230 g/mol. The lowest BCUT2D eigenvalue weighted by molar-refractivity contribution is 0.453. The number of aromatic nitrogens is 3. The van der Waals surface area contributed by atoms with Gasteiger partial charge in [0.15, 0.2) is 5.65 Å². The summed E-state index contributed by atoms with van der Waals surface area (Å²) in [5.41, 5.74) is 7.96. The van der Waals surface area contributed by atoms with Crippen molar-refractivity contribution in [2.75, 3.05) is 5.73 Å². The molecule has 2 aromatic rings. The molecule has 1 fully saturated rings. The second-order valence-corrected chi connectivity index (χ2v) is 5.04. The molecule has 0 radical (unpaired) electrons. The monoisotopic (exact) mass is 230 g/mol. The summed E-state index contributed by atoms with van der Waals surface area (Å²) in [6.07, 6.45) is 7.11. The molecule has 2 heterocycles. The van der Waals surface area contributed by atoms with Gasteiger partial charge in [0.25, 0.3) is 0 Å². The predicted molar refractivity (Wildman–Crippen MR) is 67.8 cm³/mol. The van der Waals surface area contributed by atoms with Gasteiger partial charge in [-0.15, -0.1) is 0 Å². The van der Waals surface area contributed by atoms with Crippen LogP contribution in [0.4, 0.5) is 5.82 Å². The van der Waals surface area contributed by atoms with Crippen molar-refractivity contribution in [2.45, 2.75) is 38.5 Å². The maximum Gasteiger partial charge on any atom is 0.157 e. The maximum atomic E-state index is 6.00. The van der Waals surface area contributed by atoms with Crippen molar-refractivity contribution in [3.8, 4) is 0 Å². The van der Waals surface area contributed by atoms with Gasteiger partial charge in [0.05, 0.1) is 6.20 Å². The summed E-state index contributed by atoms with van der Waals surface area (Å²) in [6.45, 7) is 2.27. The Morgan fingerprint density at radius 2 is 2.18 bits per heavy atom. The van der Waals surface area contributed by atoms with E-state index in [1.54, 1.807) is 10.7 Å². The summed E-state index contributed by atoms with van der Waals surface area (Å²) < 4.78 is 1.69. The van der Waals surface area contributed by atoms with Crippen LogP contribution in [0.15, 0.2) is 18.3 Å². The molecule has 1 atom stereocenters. The highest BCUT2D eigenvalue weighted by Gasteiger charge is 2.24. The normalized spacial score (nSPS) is 18.9. The van der Waals surface area contributed by atoms with E-state index >= 15 is 0 Å². The van der Waals surface area contributed by atoms with Crippen molar-refractivity contribution in [3.05, 3.63) is 24.0 Å². The fourth-order valence-electron chi connectivity index (χ4n) is 2.89. The standard InChI is InChI=1S/C13H18N4/c1-9(10-4-2-3-5-10)11-8-12(14)17-13(16-11)6-7-15-17/h6-10H,2-5,14H2,1H3/t9-/m1/s1. The largest absolute Gasteiger partial charge is 0.384 e. The maximum absolute atomic E-state index is 6.00. The third-order valence-electron chi connectivity index (χ3n) is 3.98. The third-order valence-corrected chi connectivity index (χ3v) is 3.98. The summed E-state index contributed by atoms with van der Waals surface area (Å²) >= 11 is 0. The molecule has 4 nitrogen and oxygen atoms in total. The fourth-order valence-corrected chi connectivity index (χ4v) is 2.89. The molecule has 0 bridgehead atoms. The number of nitrogen functional groups attached to an aromatic ring is 1. The van der Waals surface area contributed by atoms with Crippen LogP contribution in [0.2, 0.25) is 0 Å². The molecule has 2 aromatic heterocycles. The summed E-state index contributed by atoms with van der Waals surface area (Å²) in [5, 5.41) is 4.15. The molecule has 17 heavy (non-hydrogen) atoms. The van der Waals surface area contributed by atoms with Crippen molar-refractivity contribution >= 4 is 11.5 Å². The summed E-state index contributed by atoms with van der Waals surface area (Å²) in [7, 11) is 0. The molecular formula is C13H18N4. The van der Waals surface area contributed by atoms with E-state index in [-0.39, 0.29) is 0 Å². The number of anilines is 1. The number of hydrogen-bond donors (Lipinski definition) is 1. The van der Waals surface area contributed by atoms with Gasteiger partial charge >= 0.3 is 0 Å². The lowest BCUT2D eigenvalue weighted by atomic mass is 9.89. The Kier molecular flexibility index (Phi) is 2.50. The summed E-state index contributed by atoms with van der Waals surface area (Å²) in [5.74, 6) is 1.95. The Hall–Kier alpha value is -1.58. The predicted octanol–water partition coefficient (Wildman–Crippen LogP) is 2.61. The van der Waals surface area contributed by atoms with Gasteiger partial charge in [0.2, 0.25) is 0 Å². The van der Waals surface area contributed by atoms with E-state index in [1.165, 1.54) is 25.7 Å². The molecule has 0 amide bonds. The fraction of sp³-hybridized carbons (Fsp3) is 0.538. The van der Waals surface area contributed by atoms with E-state index in [4.69, 9.17) is 5.73 Å². The molecule has 0 aromatic carbocycles. The van der Waals surface area contributed by atoms with Crippen LogP contribution in [0.3, 0.4) is 0 Å². The molecule has 0 unspecified atom stereocenters. The van der Waals surface area contributed by atoms with Gasteiger partial charge in [-0.2, -0.15) is 9.61 Å². The van der Waals surface area contributed by atoms with Crippen molar-refractivity contribution in [1.29, 1.82) is 0 Å². The Balaban J connectivity index is 1.98. The van der Waals surface area contributed by atoms with E-state index in [0.717, 1.165) is 17.3 Å². The topological polar surface area (TPSA) is 56.2 Å². The van der Waals surface area contributed by atoms with Gasteiger partial charge in [-0.3, -0.25) is 0 Å². The average Bonchev–Trinajstić information content (AvgIpc) is 2.98. The van der Waals surface area contributed by atoms with Crippen LogP contribution in [0.5, 0.6) is 0 Å².